The fourth-order valence-corrected chi connectivity index (χ4v) is 1.07. The lowest BCUT2D eigenvalue weighted by Crippen LogP contribution is -2.35. The van der Waals surface area contributed by atoms with E-state index < -0.39 is 3.61 Å². The van der Waals surface area contributed by atoms with Crippen LogP contribution < -0.4 is 0 Å². The third kappa shape index (κ3) is 2.41. The number of carbonyl (C=O) groups is 2. The highest BCUT2D eigenvalue weighted by molar-refractivity contribution is 14.1. The van der Waals surface area contributed by atoms with Gasteiger partial charge in [0.05, 0.1) is 0 Å². The fourth-order valence-electron chi connectivity index (χ4n) is 0.875. The maximum absolute atomic E-state index is 11.0. The summed E-state index contributed by atoms with van der Waals surface area (Å²) in [6.07, 6.45) is 0.539. The van der Waals surface area contributed by atoms with Crippen molar-refractivity contribution in [1.29, 1.82) is 0 Å². The van der Waals surface area contributed by atoms with Crippen molar-refractivity contribution in [3.05, 3.63) is 0 Å². The van der Waals surface area contributed by atoms with Crippen LogP contribution in [-0.4, -0.2) is 20.5 Å². The van der Waals surface area contributed by atoms with Crippen molar-refractivity contribution in [3.63, 3.8) is 0 Å². The number of rotatable bonds is 2. The summed E-state index contributed by atoms with van der Waals surface area (Å²) in [5, 5.41) is 0.867. The number of nitrogens with zero attached hydrogens (tertiary/aromatic N) is 1. The lowest BCUT2D eigenvalue weighted by molar-refractivity contribution is -0.201. The molecule has 2 amide bonds. The third-order valence-electron chi connectivity index (χ3n) is 1.31. The van der Waals surface area contributed by atoms with Gasteiger partial charge in [-0.2, -0.15) is 5.06 Å². The Balaban J connectivity index is 2.62. The Bertz CT molecular complexity index is 205. The van der Waals surface area contributed by atoms with Crippen LogP contribution in [0.15, 0.2) is 0 Å². The molecule has 12 heavy (non-hydrogen) atoms. The molecule has 4 nitrogen and oxygen atoms in total. The quantitative estimate of drug-likeness (QED) is 0.435. The Labute approximate surface area is 84.3 Å². The molecule has 68 valence electrons. The maximum Gasteiger partial charge on any atom is 0.254 e. The van der Waals surface area contributed by atoms with Gasteiger partial charge in [-0.05, 0) is 36.4 Å². The molecule has 5 heteroatoms. The van der Waals surface area contributed by atoms with Crippen molar-refractivity contribution in [2.24, 2.45) is 0 Å². The van der Waals surface area contributed by atoms with Crippen molar-refractivity contribution in [1.82, 2.24) is 5.06 Å². The van der Waals surface area contributed by atoms with E-state index in [2.05, 4.69) is 0 Å². The molecule has 1 aliphatic heterocycles. The minimum atomic E-state index is -0.520. The molecule has 0 aromatic carbocycles. The minimum absolute atomic E-state index is 0.246. The van der Waals surface area contributed by atoms with E-state index in [1.165, 1.54) is 0 Å². The number of hydroxylamine groups is 2. The number of hydrogen-bond donors (Lipinski definition) is 0. The van der Waals surface area contributed by atoms with E-state index in [-0.39, 0.29) is 24.7 Å². The van der Waals surface area contributed by atoms with Gasteiger partial charge in [-0.15, -0.1) is 0 Å². The molecule has 0 aromatic heterocycles. The van der Waals surface area contributed by atoms with E-state index >= 15 is 0 Å². The Morgan fingerprint density at radius 3 is 2.08 bits per heavy atom. The monoisotopic (exact) mass is 283 g/mol. The van der Waals surface area contributed by atoms with Gasteiger partial charge in [-0.1, -0.05) is 0 Å². The zero-order chi connectivity index (χ0) is 9.35. The number of alkyl halides is 1. The summed E-state index contributed by atoms with van der Waals surface area (Å²) in [7, 11) is 0. The normalized spacial score (nSPS) is 19.1. The fraction of sp³-hybridized carbons (Fsp3) is 0.714. The summed E-state index contributed by atoms with van der Waals surface area (Å²) in [5.41, 5.74) is 0. The van der Waals surface area contributed by atoms with Gasteiger partial charge in [-0.3, -0.25) is 9.59 Å². The highest BCUT2D eigenvalue weighted by atomic mass is 127. The molecule has 1 aliphatic rings. The second-order valence-electron chi connectivity index (χ2n) is 3.04. The first kappa shape index (κ1) is 9.91. The van der Waals surface area contributed by atoms with E-state index in [0.717, 1.165) is 5.06 Å². The smallest absolute Gasteiger partial charge is 0.254 e. The van der Waals surface area contributed by atoms with Crippen molar-refractivity contribution in [3.8, 4) is 0 Å². The summed E-state index contributed by atoms with van der Waals surface area (Å²) < 4.78 is -0.520. The second kappa shape index (κ2) is 3.29. The summed E-state index contributed by atoms with van der Waals surface area (Å²) in [4.78, 5) is 27.2. The molecule has 0 atom stereocenters. The Morgan fingerprint density at radius 1 is 1.33 bits per heavy atom. The molecule has 0 radical (unpaired) electrons. The summed E-state index contributed by atoms with van der Waals surface area (Å²) >= 11 is 2.02. The van der Waals surface area contributed by atoms with Crippen LogP contribution in [0.1, 0.15) is 26.7 Å². The first-order chi connectivity index (χ1) is 5.40. The Morgan fingerprint density at radius 2 is 1.75 bits per heavy atom. The van der Waals surface area contributed by atoms with Crippen LogP contribution in [0.3, 0.4) is 0 Å². The molecule has 0 bridgehead atoms. The van der Waals surface area contributed by atoms with E-state index in [0.29, 0.717) is 0 Å². The molecular formula is C7H10INO3. The number of carbonyl (C=O) groups excluding carboxylic acids is 2. The standard InChI is InChI=1S/C7H10INO3/c1-7(2,8)12-9-5(10)3-4-6(9)11/h3-4H2,1-2H3. The van der Waals surface area contributed by atoms with E-state index in [4.69, 9.17) is 4.84 Å². The zero-order valence-corrected chi connectivity index (χ0v) is 9.12. The Kier molecular flexibility index (Phi) is 2.72. The van der Waals surface area contributed by atoms with Crippen LogP contribution in [0.4, 0.5) is 0 Å². The molecule has 0 spiro atoms. The van der Waals surface area contributed by atoms with Crippen molar-refractivity contribution >= 4 is 34.4 Å². The van der Waals surface area contributed by atoms with Crippen LogP contribution in [-0.2, 0) is 14.4 Å². The van der Waals surface area contributed by atoms with Crippen LogP contribution in [0.2, 0.25) is 0 Å². The van der Waals surface area contributed by atoms with Gasteiger partial charge < -0.3 is 0 Å². The molecule has 1 saturated heterocycles. The summed E-state index contributed by atoms with van der Waals surface area (Å²) in [5.74, 6) is -0.491. The van der Waals surface area contributed by atoms with Crippen molar-refractivity contribution in [2.45, 2.75) is 30.3 Å². The van der Waals surface area contributed by atoms with Gasteiger partial charge in [-0.25, -0.2) is 4.84 Å². The maximum atomic E-state index is 11.0. The highest BCUT2D eigenvalue weighted by Crippen LogP contribution is 2.23. The van der Waals surface area contributed by atoms with Crippen molar-refractivity contribution in [2.75, 3.05) is 0 Å². The molecule has 1 rings (SSSR count). The van der Waals surface area contributed by atoms with Crippen LogP contribution in [0.5, 0.6) is 0 Å². The number of imide groups is 1. The lowest BCUT2D eigenvalue weighted by atomic mass is 10.4. The topological polar surface area (TPSA) is 46.6 Å². The predicted molar refractivity (Wildman–Crippen MR) is 50.3 cm³/mol. The highest BCUT2D eigenvalue weighted by Gasteiger charge is 2.33. The van der Waals surface area contributed by atoms with Crippen LogP contribution >= 0.6 is 22.6 Å². The predicted octanol–water partition coefficient (Wildman–Crippen LogP) is 1.24. The summed E-state index contributed by atoms with van der Waals surface area (Å²) in [6.45, 7) is 3.57. The van der Waals surface area contributed by atoms with Gasteiger partial charge in [0, 0.05) is 12.8 Å². The van der Waals surface area contributed by atoms with E-state index in [1.54, 1.807) is 13.8 Å². The number of halogens is 1. The molecule has 0 N–H and O–H groups in total. The largest absolute Gasteiger partial charge is 0.272 e. The summed E-state index contributed by atoms with van der Waals surface area (Å²) in [6, 6.07) is 0. The van der Waals surface area contributed by atoms with Crippen LogP contribution in [0, 0.1) is 0 Å². The number of amides is 2. The van der Waals surface area contributed by atoms with Gasteiger partial charge >= 0.3 is 0 Å². The molecule has 0 unspecified atom stereocenters. The zero-order valence-electron chi connectivity index (χ0n) is 6.96. The second-order valence-corrected chi connectivity index (χ2v) is 5.63. The first-order valence-electron chi connectivity index (χ1n) is 3.64. The third-order valence-corrected chi connectivity index (χ3v) is 1.51. The average Bonchev–Trinajstić information content (AvgIpc) is 2.16. The average molecular weight is 283 g/mol. The Hall–Kier alpha value is -0.170. The lowest BCUT2D eigenvalue weighted by Gasteiger charge is -2.22. The molecule has 0 aromatic rings. The van der Waals surface area contributed by atoms with Crippen molar-refractivity contribution < 1.29 is 14.4 Å². The van der Waals surface area contributed by atoms with Crippen LogP contribution in [0.25, 0.3) is 0 Å². The molecule has 1 fully saturated rings. The van der Waals surface area contributed by atoms with E-state index in [9.17, 15) is 9.59 Å². The van der Waals surface area contributed by atoms with Gasteiger partial charge in [0.25, 0.3) is 11.8 Å². The minimum Gasteiger partial charge on any atom is -0.272 e. The van der Waals surface area contributed by atoms with E-state index in [1.807, 2.05) is 22.6 Å². The van der Waals surface area contributed by atoms with Gasteiger partial charge in [0.2, 0.25) is 0 Å². The SMILES string of the molecule is CC(C)(I)ON1C(=O)CCC1=O. The first-order valence-corrected chi connectivity index (χ1v) is 4.72. The molecule has 1 heterocycles. The molecule has 0 saturated carbocycles. The van der Waals surface area contributed by atoms with Gasteiger partial charge in [0.15, 0.2) is 0 Å². The number of hydrogen-bond acceptors (Lipinski definition) is 3. The van der Waals surface area contributed by atoms with Gasteiger partial charge in [0.1, 0.15) is 3.61 Å². The molecular weight excluding hydrogens is 273 g/mol. The molecule has 0 aliphatic carbocycles.